The number of rotatable bonds is 5. The molecule has 0 bridgehead atoms. The Kier molecular flexibility index (Phi) is 5.76. The van der Waals surface area contributed by atoms with E-state index in [2.05, 4.69) is 10.3 Å². The van der Waals surface area contributed by atoms with E-state index in [4.69, 9.17) is 4.74 Å². The average Bonchev–Trinajstić information content (AvgIpc) is 2.64. The number of ether oxygens (including phenoxy) is 1. The topological polar surface area (TPSA) is 93.5 Å². The minimum Gasteiger partial charge on any atom is -0.501 e. The van der Waals surface area contributed by atoms with E-state index in [1.54, 1.807) is 19.9 Å². The highest BCUT2D eigenvalue weighted by Gasteiger charge is 2.34. The summed E-state index contributed by atoms with van der Waals surface area (Å²) in [4.78, 5) is 30.0. The van der Waals surface area contributed by atoms with Crippen molar-refractivity contribution in [3.05, 3.63) is 51.5 Å². The quantitative estimate of drug-likeness (QED) is 0.740. The molecule has 150 valence electrons. The van der Waals surface area contributed by atoms with Crippen LogP contribution in [0.1, 0.15) is 42.6 Å². The van der Waals surface area contributed by atoms with E-state index >= 15 is 0 Å². The number of carbonyl (C=O) groups excluding carboxylic acids is 1. The molecule has 2 heterocycles. The lowest BCUT2D eigenvalue weighted by molar-refractivity contribution is -0.0566. The van der Waals surface area contributed by atoms with Gasteiger partial charge in [0, 0.05) is 11.4 Å². The van der Waals surface area contributed by atoms with Crippen LogP contribution in [0.2, 0.25) is 0 Å². The number of hydrogen-bond acceptors (Lipinski definition) is 6. The number of aromatic hydroxyl groups is 1. The van der Waals surface area contributed by atoms with E-state index in [0.29, 0.717) is 6.61 Å². The number of amides is 1. The van der Waals surface area contributed by atoms with Gasteiger partial charge in [-0.15, -0.1) is 11.8 Å². The maximum atomic E-state index is 13.5. The van der Waals surface area contributed by atoms with E-state index in [1.165, 1.54) is 28.5 Å². The third kappa shape index (κ3) is 3.90. The highest BCUT2D eigenvalue weighted by atomic mass is 32.2. The number of nitrogens with one attached hydrogen (secondary N) is 1. The summed E-state index contributed by atoms with van der Waals surface area (Å²) in [5.74, 6) is -0.688. The first-order valence-electron chi connectivity index (χ1n) is 8.92. The van der Waals surface area contributed by atoms with E-state index < -0.39 is 22.8 Å². The summed E-state index contributed by atoms with van der Waals surface area (Å²) in [5.41, 5.74) is -1.14. The molecule has 1 aromatic carbocycles. The Morgan fingerprint density at radius 3 is 2.93 bits per heavy atom. The molecule has 1 aliphatic rings. The van der Waals surface area contributed by atoms with Crippen LogP contribution in [0.4, 0.5) is 4.39 Å². The van der Waals surface area contributed by atoms with Gasteiger partial charge in [-0.25, -0.2) is 9.37 Å². The molecule has 0 radical (unpaired) electrons. The van der Waals surface area contributed by atoms with Crippen LogP contribution in [-0.2, 0) is 23.4 Å². The monoisotopic (exact) mass is 407 g/mol. The SMILES string of the molecule is CCSc1cc(F)ccc1CNC(=O)c1nc2n(c(=O)c1O)CCOC2(C)C. The van der Waals surface area contributed by atoms with Crippen molar-refractivity contribution in [1.29, 1.82) is 0 Å². The third-order valence-electron chi connectivity index (χ3n) is 4.45. The minimum absolute atomic E-state index is 0.112. The standard InChI is InChI=1S/C19H22FN3O4S/c1-4-28-13-9-12(20)6-5-11(13)10-21-16(25)14-15(24)17(26)23-7-8-27-19(2,3)18(23)22-14/h5-6,9,24H,4,7-8,10H2,1-3H3,(H,21,25). The van der Waals surface area contributed by atoms with Gasteiger partial charge in [0.2, 0.25) is 5.75 Å². The molecule has 2 N–H and O–H groups in total. The Morgan fingerprint density at radius 2 is 2.21 bits per heavy atom. The molecule has 1 aromatic heterocycles. The second kappa shape index (κ2) is 7.92. The average molecular weight is 407 g/mol. The van der Waals surface area contributed by atoms with Crippen molar-refractivity contribution in [1.82, 2.24) is 14.9 Å². The molecule has 7 nitrogen and oxygen atoms in total. The van der Waals surface area contributed by atoms with Crippen molar-refractivity contribution >= 4 is 17.7 Å². The van der Waals surface area contributed by atoms with Crippen LogP contribution in [0, 0.1) is 5.82 Å². The number of aromatic nitrogens is 2. The first-order valence-corrected chi connectivity index (χ1v) is 9.90. The lowest BCUT2D eigenvalue weighted by Crippen LogP contribution is -2.42. The Balaban J connectivity index is 1.88. The highest BCUT2D eigenvalue weighted by Crippen LogP contribution is 2.27. The molecule has 3 rings (SSSR count). The molecule has 0 saturated heterocycles. The zero-order valence-electron chi connectivity index (χ0n) is 15.9. The summed E-state index contributed by atoms with van der Waals surface area (Å²) in [7, 11) is 0. The molecular formula is C19H22FN3O4S. The Labute approximate surface area is 165 Å². The van der Waals surface area contributed by atoms with Crippen LogP contribution in [0.5, 0.6) is 5.75 Å². The number of nitrogens with zero attached hydrogens (tertiary/aromatic N) is 2. The van der Waals surface area contributed by atoms with Crippen LogP contribution in [0.3, 0.4) is 0 Å². The number of thioether (sulfide) groups is 1. The third-order valence-corrected chi connectivity index (χ3v) is 5.42. The number of hydrogen-bond donors (Lipinski definition) is 2. The van der Waals surface area contributed by atoms with Gasteiger partial charge in [-0.3, -0.25) is 14.2 Å². The van der Waals surface area contributed by atoms with Gasteiger partial charge in [0.15, 0.2) is 5.69 Å². The molecule has 28 heavy (non-hydrogen) atoms. The molecule has 0 fully saturated rings. The fourth-order valence-corrected chi connectivity index (χ4v) is 3.88. The van der Waals surface area contributed by atoms with Crippen molar-refractivity contribution in [3.8, 4) is 5.75 Å². The van der Waals surface area contributed by atoms with Gasteiger partial charge >= 0.3 is 0 Å². The van der Waals surface area contributed by atoms with Crippen molar-refractivity contribution in [2.75, 3.05) is 12.4 Å². The predicted octanol–water partition coefficient (Wildman–Crippen LogP) is 2.40. The van der Waals surface area contributed by atoms with Gasteiger partial charge in [-0.05, 0) is 37.3 Å². The lowest BCUT2D eigenvalue weighted by Gasteiger charge is -2.32. The van der Waals surface area contributed by atoms with Crippen LogP contribution >= 0.6 is 11.8 Å². The number of benzene rings is 1. The molecule has 0 aliphatic carbocycles. The number of carbonyl (C=O) groups is 1. The minimum atomic E-state index is -0.859. The molecule has 0 spiro atoms. The summed E-state index contributed by atoms with van der Waals surface area (Å²) >= 11 is 1.46. The van der Waals surface area contributed by atoms with Crippen LogP contribution in [-0.4, -0.2) is 32.9 Å². The van der Waals surface area contributed by atoms with Gasteiger partial charge in [0.25, 0.3) is 11.5 Å². The molecular weight excluding hydrogens is 385 g/mol. The van der Waals surface area contributed by atoms with Crippen molar-refractivity contribution in [2.45, 2.75) is 44.4 Å². The maximum Gasteiger partial charge on any atom is 0.296 e. The van der Waals surface area contributed by atoms with Crippen molar-refractivity contribution in [2.24, 2.45) is 0 Å². The van der Waals surface area contributed by atoms with E-state index in [9.17, 15) is 19.1 Å². The lowest BCUT2D eigenvalue weighted by atomic mass is 10.1. The molecule has 1 aliphatic heterocycles. The largest absolute Gasteiger partial charge is 0.501 e. The summed E-state index contributed by atoms with van der Waals surface area (Å²) in [5, 5.41) is 12.9. The van der Waals surface area contributed by atoms with E-state index in [1.807, 2.05) is 6.92 Å². The zero-order chi connectivity index (χ0) is 20.5. The zero-order valence-corrected chi connectivity index (χ0v) is 16.7. The second-order valence-electron chi connectivity index (χ2n) is 6.82. The normalized spacial score (nSPS) is 15.1. The summed E-state index contributed by atoms with van der Waals surface area (Å²) in [6, 6.07) is 4.33. The Bertz CT molecular complexity index is 974. The van der Waals surface area contributed by atoms with Gasteiger partial charge < -0.3 is 15.2 Å². The molecule has 1 amide bonds. The van der Waals surface area contributed by atoms with Gasteiger partial charge in [0.05, 0.1) is 13.2 Å². The summed E-state index contributed by atoms with van der Waals surface area (Å²) in [6.45, 7) is 6.12. The number of fused-ring (bicyclic) bond motifs is 1. The fraction of sp³-hybridized carbons (Fsp3) is 0.421. The van der Waals surface area contributed by atoms with Crippen LogP contribution < -0.4 is 10.9 Å². The highest BCUT2D eigenvalue weighted by molar-refractivity contribution is 7.99. The molecule has 0 atom stereocenters. The Hall–Kier alpha value is -2.39. The number of halogens is 1. The van der Waals surface area contributed by atoms with Crippen molar-refractivity contribution < 1.29 is 19.0 Å². The van der Waals surface area contributed by atoms with Crippen molar-refractivity contribution in [3.63, 3.8) is 0 Å². The van der Waals surface area contributed by atoms with Crippen LogP contribution in [0.25, 0.3) is 0 Å². The smallest absolute Gasteiger partial charge is 0.296 e. The second-order valence-corrected chi connectivity index (χ2v) is 8.12. The van der Waals surface area contributed by atoms with E-state index in [-0.39, 0.29) is 30.4 Å². The van der Waals surface area contributed by atoms with E-state index in [0.717, 1.165) is 16.2 Å². The summed E-state index contributed by atoms with van der Waals surface area (Å²) in [6.07, 6.45) is 0. The van der Waals surface area contributed by atoms with Gasteiger partial charge in [0.1, 0.15) is 17.2 Å². The van der Waals surface area contributed by atoms with Gasteiger partial charge in [-0.1, -0.05) is 13.0 Å². The summed E-state index contributed by atoms with van der Waals surface area (Å²) < 4.78 is 20.4. The fourth-order valence-electron chi connectivity index (χ4n) is 3.05. The predicted molar refractivity (Wildman–Crippen MR) is 103 cm³/mol. The molecule has 2 aromatic rings. The van der Waals surface area contributed by atoms with Gasteiger partial charge in [-0.2, -0.15) is 0 Å². The maximum absolute atomic E-state index is 13.5. The molecule has 0 unspecified atom stereocenters. The Morgan fingerprint density at radius 1 is 1.46 bits per heavy atom. The first kappa shape index (κ1) is 20.3. The first-order chi connectivity index (χ1) is 13.2. The molecule has 9 heteroatoms. The van der Waals surface area contributed by atoms with Crippen LogP contribution in [0.15, 0.2) is 27.9 Å². The molecule has 0 saturated carbocycles.